The summed E-state index contributed by atoms with van der Waals surface area (Å²) >= 11 is 14.3. The van der Waals surface area contributed by atoms with Crippen LogP contribution in [0.3, 0.4) is 0 Å². The van der Waals surface area contributed by atoms with E-state index in [2.05, 4.69) is 32.2 Å². The van der Waals surface area contributed by atoms with Crippen molar-refractivity contribution in [2.45, 2.75) is 38.5 Å². The van der Waals surface area contributed by atoms with E-state index in [9.17, 15) is 0 Å². The first kappa shape index (κ1) is 16.2. The fraction of sp³-hybridized carbons (Fsp3) is 0.571. The average Bonchev–Trinajstić information content (AvgIpc) is 2.37. The minimum atomic E-state index is 0.264. The largest absolute Gasteiger partial charge is 0.309 e. The van der Waals surface area contributed by atoms with Crippen LogP contribution in [0, 0.1) is 0 Å². The molecule has 0 saturated heterocycles. The smallest absolute Gasteiger partial charge is 0.0640 e. The topological polar surface area (TPSA) is 12.0 Å². The second-order valence-corrected chi connectivity index (χ2v) is 6.56. The van der Waals surface area contributed by atoms with Crippen LogP contribution in [0.2, 0.25) is 10.0 Å². The lowest BCUT2D eigenvalue weighted by Gasteiger charge is -2.21. The van der Waals surface area contributed by atoms with Crippen molar-refractivity contribution in [2.24, 2.45) is 0 Å². The summed E-state index contributed by atoms with van der Waals surface area (Å²) in [6.45, 7) is 7.51. The summed E-state index contributed by atoms with van der Waals surface area (Å²) in [4.78, 5) is 0. The molecule has 0 bridgehead atoms. The first-order chi connectivity index (χ1) is 8.60. The summed E-state index contributed by atoms with van der Waals surface area (Å²) in [7, 11) is 0. The van der Waals surface area contributed by atoms with E-state index in [1.807, 2.05) is 23.9 Å². The van der Waals surface area contributed by atoms with E-state index in [1.165, 1.54) is 6.42 Å². The summed E-state index contributed by atoms with van der Waals surface area (Å²) in [5.41, 5.74) is 1.10. The number of hydrogen-bond donors (Lipinski definition) is 1. The lowest BCUT2D eigenvalue weighted by atomic mass is 10.1. The molecule has 1 rings (SSSR count). The van der Waals surface area contributed by atoms with Crippen LogP contribution >= 0.6 is 35.0 Å². The van der Waals surface area contributed by atoms with Crippen molar-refractivity contribution in [2.75, 3.05) is 12.3 Å². The van der Waals surface area contributed by atoms with Gasteiger partial charge in [-0.2, -0.15) is 11.8 Å². The fourth-order valence-electron chi connectivity index (χ4n) is 1.67. The van der Waals surface area contributed by atoms with Gasteiger partial charge in [-0.05, 0) is 24.6 Å². The number of halogens is 2. The minimum Gasteiger partial charge on any atom is -0.309 e. The third-order valence-corrected chi connectivity index (χ3v) is 5.19. The maximum absolute atomic E-state index is 6.29. The van der Waals surface area contributed by atoms with Gasteiger partial charge in [-0.25, -0.2) is 0 Å². The minimum absolute atomic E-state index is 0.264. The van der Waals surface area contributed by atoms with Crippen molar-refractivity contribution in [3.8, 4) is 0 Å². The van der Waals surface area contributed by atoms with E-state index < -0.39 is 0 Å². The van der Waals surface area contributed by atoms with Gasteiger partial charge in [-0.15, -0.1) is 0 Å². The molecule has 1 nitrogen and oxygen atoms in total. The van der Waals surface area contributed by atoms with E-state index in [4.69, 9.17) is 23.2 Å². The Morgan fingerprint density at radius 3 is 2.61 bits per heavy atom. The van der Waals surface area contributed by atoms with Gasteiger partial charge in [-0.1, -0.05) is 56.1 Å². The highest BCUT2D eigenvalue weighted by Crippen LogP contribution is 2.32. The molecule has 1 N–H and O–H groups in total. The van der Waals surface area contributed by atoms with Crippen molar-refractivity contribution in [3.63, 3.8) is 0 Å². The van der Waals surface area contributed by atoms with Crippen molar-refractivity contribution in [1.82, 2.24) is 5.32 Å². The zero-order valence-electron chi connectivity index (χ0n) is 11.2. The maximum atomic E-state index is 6.29. The van der Waals surface area contributed by atoms with Crippen LogP contribution in [-0.4, -0.2) is 17.5 Å². The van der Waals surface area contributed by atoms with E-state index in [0.717, 1.165) is 17.9 Å². The predicted octanol–water partition coefficient (Wildman–Crippen LogP) is 5.18. The van der Waals surface area contributed by atoms with Crippen LogP contribution in [0.1, 0.15) is 38.8 Å². The molecule has 0 aliphatic heterocycles. The quantitative estimate of drug-likeness (QED) is 0.745. The van der Waals surface area contributed by atoms with E-state index in [-0.39, 0.29) is 6.04 Å². The summed E-state index contributed by atoms with van der Waals surface area (Å²) in [6.07, 6.45) is 1.19. The molecule has 0 aromatic heterocycles. The number of nitrogens with one attached hydrogen (secondary N) is 1. The van der Waals surface area contributed by atoms with Gasteiger partial charge in [0.1, 0.15) is 0 Å². The van der Waals surface area contributed by atoms with Gasteiger partial charge < -0.3 is 5.32 Å². The molecule has 0 fully saturated rings. The third-order valence-electron chi connectivity index (χ3n) is 2.93. The normalized spacial score (nSPS) is 14.5. The SMILES string of the molecule is CCNC(CSC(C)CC)c1cccc(Cl)c1Cl. The standard InChI is InChI=1S/C14H21Cl2NS/c1-4-10(3)18-9-13(17-5-2)11-7-6-8-12(15)14(11)16/h6-8,10,13,17H,4-5,9H2,1-3H3. The lowest BCUT2D eigenvalue weighted by Crippen LogP contribution is -2.24. The molecule has 0 spiro atoms. The molecule has 2 atom stereocenters. The molecule has 102 valence electrons. The van der Waals surface area contributed by atoms with E-state index in [1.54, 1.807) is 0 Å². The maximum Gasteiger partial charge on any atom is 0.0640 e. The summed E-state index contributed by atoms with van der Waals surface area (Å²) in [5, 5.41) is 5.46. The van der Waals surface area contributed by atoms with Gasteiger partial charge >= 0.3 is 0 Å². The fourth-order valence-corrected chi connectivity index (χ4v) is 3.17. The van der Waals surface area contributed by atoms with Gasteiger partial charge in [0.05, 0.1) is 10.0 Å². The summed E-state index contributed by atoms with van der Waals surface area (Å²) in [6, 6.07) is 6.11. The van der Waals surface area contributed by atoms with Crippen molar-refractivity contribution < 1.29 is 0 Å². The zero-order chi connectivity index (χ0) is 13.5. The zero-order valence-corrected chi connectivity index (χ0v) is 13.5. The second kappa shape index (κ2) is 8.31. The van der Waals surface area contributed by atoms with Crippen molar-refractivity contribution in [1.29, 1.82) is 0 Å². The molecule has 1 aromatic carbocycles. The molecule has 4 heteroatoms. The van der Waals surface area contributed by atoms with Crippen LogP contribution in [0.4, 0.5) is 0 Å². The molecule has 2 unspecified atom stereocenters. The first-order valence-electron chi connectivity index (χ1n) is 6.39. The molecule has 0 aliphatic rings. The van der Waals surface area contributed by atoms with Crippen molar-refractivity contribution in [3.05, 3.63) is 33.8 Å². The van der Waals surface area contributed by atoms with Gasteiger partial charge in [0.2, 0.25) is 0 Å². The molecule has 0 radical (unpaired) electrons. The average molecular weight is 306 g/mol. The number of benzene rings is 1. The van der Waals surface area contributed by atoms with Gasteiger partial charge in [-0.3, -0.25) is 0 Å². The van der Waals surface area contributed by atoms with Crippen LogP contribution in [0.15, 0.2) is 18.2 Å². The van der Waals surface area contributed by atoms with E-state index >= 15 is 0 Å². The van der Waals surface area contributed by atoms with Gasteiger partial charge in [0.25, 0.3) is 0 Å². The number of rotatable bonds is 7. The molecule has 0 amide bonds. The Balaban J connectivity index is 2.80. The van der Waals surface area contributed by atoms with Crippen LogP contribution in [-0.2, 0) is 0 Å². The monoisotopic (exact) mass is 305 g/mol. The number of thioether (sulfide) groups is 1. The van der Waals surface area contributed by atoms with Gasteiger partial charge in [0.15, 0.2) is 0 Å². The third kappa shape index (κ3) is 4.65. The Labute approximate surface area is 125 Å². The highest BCUT2D eigenvalue weighted by molar-refractivity contribution is 7.99. The summed E-state index contributed by atoms with van der Waals surface area (Å²) in [5.74, 6) is 1.02. The summed E-state index contributed by atoms with van der Waals surface area (Å²) < 4.78 is 0. The molecular formula is C14H21Cl2NS. The Hall–Kier alpha value is 0.110. The Morgan fingerprint density at radius 2 is 2.00 bits per heavy atom. The molecular weight excluding hydrogens is 285 g/mol. The highest BCUT2D eigenvalue weighted by Gasteiger charge is 2.16. The second-order valence-electron chi connectivity index (χ2n) is 4.31. The molecule has 0 aliphatic carbocycles. The molecule has 0 heterocycles. The molecule has 18 heavy (non-hydrogen) atoms. The Kier molecular flexibility index (Phi) is 7.47. The Bertz CT molecular complexity index is 371. The van der Waals surface area contributed by atoms with Crippen molar-refractivity contribution >= 4 is 35.0 Å². The van der Waals surface area contributed by atoms with Crippen LogP contribution in [0.25, 0.3) is 0 Å². The van der Waals surface area contributed by atoms with Crippen LogP contribution < -0.4 is 5.32 Å². The first-order valence-corrected chi connectivity index (χ1v) is 8.19. The highest BCUT2D eigenvalue weighted by atomic mass is 35.5. The Morgan fingerprint density at radius 1 is 1.28 bits per heavy atom. The number of hydrogen-bond acceptors (Lipinski definition) is 2. The van der Waals surface area contributed by atoms with E-state index in [0.29, 0.717) is 15.3 Å². The van der Waals surface area contributed by atoms with Crippen LogP contribution in [0.5, 0.6) is 0 Å². The molecule has 1 aromatic rings. The predicted molar refractivity (Wildman–Crippen MR) is 85.1 cm³/mol. The lowest BCUT2D eigenvalue weighted by molar-refractivity contribution is 0.605. The van der Waals surface area contributed by atoms with Gasteiger partial charge in [0, 0.05) is 17.0 Å². The molecule has 0 saturated carbocycles.